The molecule has 1 atom stereocenters. The number of aromatic nitrogens is 1. The van der Waals surface area contributed by atoms with E-state index in [0.29, 0.717) is 36.6 Å². The fourth-order valence-corrected chi connectivity index (χ4v) is 3.77. The molecule has 2 aliphatic rings. The lowest BCUT2D eigenvalue weighted by atomic mass is 10.0. The summed E-state index contributed by atoms with van der Waals surface area (Å²) >= 11 is 0. The molecule has 4 rings (SSSR count). The summed E-state index contributed by atoms with van der Waals surface area (Å²) in [5.41, 5.74) is 2.59. The van der Waals surface area contributed by atoms with Crippen LogP contribution < -0.4 is 15.4 Å². The summed E-state index contributed by atoms with van der Waals surface area (Å²) in [7, 11) is 0. The van der Waals surface area contributed by atoms with E-state index in [1.165, 1.54) is 11.1 Å². The number of benzene rings is 1. The lowest BCUT2D eigenvalue weighted by Gasteiger charge is -2.29. The van der Waals surface area contributed by atoms with Crippen molar-refractivity contribution in [3.8, 4) is 5.88 Å². The van der Waals surface area contributed by atoms with Gasteiger partial charge in [0.2, 0.25) is 17.7 Å². The van der Waals surface area contributed by atoms with Gasteiger partial charge in [0.05, 0.1) is 12.2 Å². The molecule has 0 bridgehead atoms. The summed E-state index contributed by atoms with van der Waals surface area (Å²) in [5.74, 6) is -0.777. The smallest absolute Gasteiger partial charge is 0.255 e. The molecular formula is C22H22N4O5. The molecule has 3 heterocycles. The van der Waals surface area contributed by atoms with Crippen LogP contribution in [0.25, 0.3) is 0 Å². The fraction of sp³-hybridized carbons (Fsp3) is 0.318. The van der Waals surface area contributed by atoms with Gasteiger partial charge in [0, 0.05) is 37.3 Å². The van der Waals surface area contributed by atoms with Crippen molar-refractivity contribution in [2.75, 3.05) is 6.61 Å². The first-order chi connectivity index (χ1) is 15.0. The van der Waals surface area contributed by atoms with Crippen molar-refractivity contribution >= 4 is 23.6 Å². The zero-order valence-corrected chi connectivity index (χ0v) is 17.0. The molecule has 1 fully saturated rings. The first-order valence-electron chi connectivity index (χ1n) is 10.1. The number of hydrogen-bond donors (Lipinski definition) is 2. The number of hydrogen-bond acceptors (Lipinski definition) is 6. The van der Waals surface area contributed by atoms with E-state index in [4.69, 9.17) is 4.74 Å². The molecule has 0 saturated carbocycles. The van der Waals surface area contributed by atoms with Crippen LogP contribution in [0, 0.1) is 0 Å². The molecule has 4 amide bonds. The Kier molecular flexibility index (Phi) is 5.66. The number of nitrogens with one attached hydrogen (secondary N) is 2. The van der Waals surface area contributed by atoms with Crippen molar-refractivity contribution in [1.29, 1.82) is 0 Å². The van der Waals surface area contributed by atoms with E-state index >= 15 is 0 Å². The van der Waals surface area contributed by atoms with Crippen LogP contribution in [0.5, 0.6) is 5.88 Å². The largest absolute Gasteiger partial charge is 0.478 e. The second kappa shape index (κ2) is 8.55. The molecule has 9 nitrogen and oxygen atoms in total. The molecule has 2 N–H and O–H groups in total. The molecule has 2 aliphatic heterocycles. The number of piperidine rings is 1. The van der Waals surface area contributed by atoms with Gasteiger partial charge in [-0.15, -0.1) is 0 Å². The van der Waals surface area contributed by atoms with E-state index in [1.807, 2.05) is 13.0 Å². The van der Waals surface area contributed by atoms with E-state index in [0.717, 1.165) is 11.1 Å². The molecule has 2 aromatic rings. The van der Waals surface area contributed by atoms with Gasteiger partial charge >= 0.3 is 0 Å². The number of carbonyl (C=O) groups excluding carboxylic acids is 4. The maximum Gasteiger partial charge on any atom is 0.255 e. The Bertz CT molecular complexity index is 1050. The summed E-state index contributed by atoms with van der Waals surface area (Å²) in [5, 5.41) is 5.13. The van der Waals surface area contributed by atoms with E-state index in [2.05, 4.69) is 15.6 Å². The highest BCUT2D eigenvalue weighted by atomic mass is 16.5. The predicted molar refractivity (Wildman–Crippen MR) is 109 cm³/mol. The van der Waals surface area contributed by atoms with Crippen LogP contribution in [0.4, 0.5) is 0 Å². The third-order valence-electron chi connectivity index (χ3n) is 5.33. The number of pyridine rings is 1. The zero-order valence-electron chi connectivity index (χ0n) is 17.0. The second-order valence-electron chi connectivity index (χ2n) is 7.39. The van der Waals surface area contributed by atoms with Crippen molar-refractivity contribution in [2.45, 2.75) is 38.9 Å². The highest BCUT2D eigenvalue weighted by Crippen LogP contribution is 2.28. The SMILES string of the molecule is CCOc1ccc(C(=O)NCc2ccc3c(c2)CN([C@@H]2CCC(=O)NC2=O)C3=O)cn1. The summed E-state index contributed by atoms with van der Waals surface area (Å²) in [6.45, 7) is 2.94. The van der Waals surface area contributed by atoms with Gasteiger partial charge in [-0.2, -0.15) is 0 Å². The second-order valence-corrected chi connectivity index (χ2v) is 7.39. The molecule has 1 aromatic carbocycles. The Morgan fingerprint density at radius 1 is 1.26 bits per heavy atom. The number of amides is 4. The highest BCUT2D eigenvalue weighted by Gasteiger charge is 2.39. The summed E-state index contributed by atoms with van der Waals surface area (Å²) in [6, 6.07) is 7.99. The minimum Gasteiger partial charge on any atom is -0.478 e. The van der Waals surface area contributed by atoms with Crippen LogP contribution in [0.3, 0.4) is 0 Å². The van der Waals surface area contributed by atoms with Crippen LogP contribution in [-0.4, -0.2) is 46.2 Å². The van der Waals surface area contributed by atoms with Gasteiger partial charge in [0.1, 0.15) is 6.04 Å². The molecule has 1 aromatic heterocycles. The number of fused-ring (bicyclic) bond motifs is 1. The van der Waals surface area contributed by atoms with Crippen molar-refractivity contribution < 1.29 is 23.9 Å². The Morgan fingerprint density at radius 2 is 2.10 bits per heavy atom. The van der Waals surface area contributed by atoms with Crippen LogP contribution in [0.1, 0.15) is 51.6 Å². The molecule has 31 heavy (non-hydrogen) atoms. The molecule has 0 aliphatic carbocycles. The number of carbonyl (C=O) groups is 4. The minimum absolute atomic E-state index is 0.216. The predicted octanol–water partition coefficient (Wildman–Crippen LogP) is 1.17. The lowest BCUT2D eigenvalue weighted by Crippen LogP contribution is -2.52. The third kappa shape index (κ3) is 4.25. The lowest BCUT2D eigenvalue weighted by molar-refractivity contribution is -0.136. The number of nitrogens with zero attached hydrogens (tertiary/aromatic N) is 2. The van der Waals surface area contributed by atoms with E-state index < -0.39 is 11.9 Å². The van der Waals surface area contributed by atoms with Gasteiger partial charge < -0.3 is 15.0 Å². The van der Waals surface area contributed by atoms with E-state index in [-0.39, 0.29) is 30.7 Å². The molecule has 160 valence electrons. The Morgan fingerprint density at radius 3 is 2.81 bits per heavy atom. The summed E-state index contributed by atoms with van der Waals surface area (Å²) in [4.78, 5) is 54.2. The van der Waals surface area contributed by atoms with Gasteiger partial charge in [-0.05, 0) is 36.6 Å². The molecule has 1 saturated heterocycles. The van der Waals surface area contributed by atoms with E-state index in [9.17, 15) is 19.2 Å². The highest BCUT2D eigenvalue weighted by molar-refractivity contribution is 6.05. The Labute approximate surface area is 178 Å². The van der Waals surface area contributed by atoms with Crippen molar-refractivity contribution in [3.63, 3.8) is 0 Å². The van der Waals surface area contributed by atoms with Gasteiger partial charge in [0.15, 0.2) is 0 Å². The van der Waals surface area contributed by atoms with Crippen LogP contribution in [-0.2, 0) is 22.7 Å². The first kappa shape index (κ1) is 20.5. The molecule has 9 heteroatoms. The summed E-state index contributed by atoms with van der Waals surface area (Å²) < 4.78 is 5.27. The normalized spacial score (nSPS) is 17.9. The van der Waals surface area contributed by atoms with Crippen LogP contribution in [0.2, 0.25) is 0 Å². The average Bonchev–Trinajstić information content (AvgIpc) is 3.08. The Balaban J connectivity index is 1.39. The van der Waals surface area contributed by atoms with Gasteiger partial charge in [-0.1, -0.05) is 12.1 Å². The maximum absolute atomic E-state index is 12.7. The number of imide groups is 1. The summed E-state index contributed by atoms with van der Waals surface area (Å²) in [6.07, 6.45) is 2.00. The molecule has 0 spiro atoms. The maximum atomic E-state index is 12.7. The quantitative estimate of drug-likeness (QED) is 0.675. The molecular weight excluding hydrogens is 400 g/mol. The van der Waals surface area contributed by atoms with Crippen LogP contribution in [0.15, 0.2) is 36.5 Å². The van der Waals surface area contributed by atoms with Gasteiger partial charge in [-0.3, -0.25) is 24.5 Å². The van der Waals surface area contributed by atoms with Gasteiger partial charge in [0.25, 0.3) is 11.8 Å². The van der Waals surface area contributed by atoms with Crippen molar-refractivity contribution in [2.24, 2.45) is 0 Å². The first-order valence-corrected chi connectivity index (χ1v) is 10.1. The number of rotatable bonds is 6. The van der Waals surface area contributed by atoms with E-state index in [1.54, 1.807) is 24.3 Å². The Hall–Kier alpha value is -3.75. The van der Waals surface area contributed by atoms with Gasteiger partial charge in [-0.25, -0.2) is 4.98 Å². The van der Waals surface area contributed by atoms with Crippen molar-refractivity contribution in [3.05, 3.63) is 58.8 Å². The zero-order chi connectivity index (χ0) is 22.0. The molecule has 0 unspecified atom stereocenters. The number of ether oxygens (including phenoxy) is 1. The topological polar surface area (TPSA) is 118 Å². The monoisotopic (exact) mass is 422 g/mol. The standard InChI is InChI=1S/C22H22N4O5/c1-2-31-19-8-4-14(11-23-19)20(28)24-10-13-3-5-16-15(9-13)12-26(22(16)30)17-6-7-18(27)25-21(17)29/h3-5,8-9,11,17H,2,6-7,10,12H2,1H3,(H,24,28)(H,25,27,29)/t17-/m1/s1. The third-order valence-corrected chi connectivity index (χ3v) is 5.33. The minimum atomic E-state index is -0.645. The van der Waals surface area contributed by atoms with Crippen LogP contribution >= 0.6 is 0 Å². The molecule has 0 radical (unpaired) electrons. The van der Waals surface area contributed by atoms with Crippen molar-refractivity contribution in [1.82, 2.24) is 20.5 Å². The average molecular weight is 422 g/mol. The fourth-order valence-electron chi connectivity index (χ4n) is 3.77.